The zero-order chi connectivity index (χ0) is 21.7. The lowest BCUT2D eigenvalue weighted by Crippen LogP contribution is -2.16. The Bertz CT molecular complexity index is 1100. The minimum atomic E-state index is -3.89. The summed E-state index contributed by atoms with van der Waals surface area (Å²) >= 11 is 3.39. The van der Waals surface area contributed by atoms with Crippen molar-refractivity contribution in [3.05, 3.63) is 64.9 Å². The summed E-state index contributed by atoms with van der Waals surface area (Å²) in [4.78, 5) is 8.40. The molecule has 3 rings (SSSR count). The number of aliphatic hydroxyl groups is 1. The van der Waals surface area contributed by atoms with Crippen LogP contribution in [-0.2, 0) is 10.0 Å². The van der Waals surface area contributed by atoms with Gasteiger partial charge in [-0.25, -0.2) is 18.4 Å². The van der Waals surface area contributed by atoms with E-state index in [4.69, 9.17) is 9.84 Å². The standard InChI is InChI=1S/C21H22BrN3O4S/c1-14(2)15-5-9-18(10-6-15)30(27,28)25-20-19(16-3-7-17(22)8-4-16)21(24-13-23-20)29-12-11-26/h3-10,13-14,26H,11-12H2,1-2H3,(H,23,24,25). The Morgan fingerprint density at radius 2 is 1.73 bits per heavy atom. The van der Waals surface area contributed by atoms with Gasteiger partial charge in [0, 0.05) is 4.47 Å². The van der Waals surface area contributed by atoms with Gasteiger partial charge in [-0.15, -0.1) is 0 Å². The third-order valence-electron chi connectivity index (χ3n) is 4.36. The highest BCUT2D eigenvalue weighted by atomic mass is 79.9. The van der Waals surface area contributed by atoms with Crippen LogP contribution in [0.3, 0.4) is 0 Å². The minimum absolute atomic E-state index is 0.0173. The van der Waals surface area contributed by atoms with E-state index in [0.29, 0.717) is 17.0 Å². The van der Waals surface area contributed by atoms with Gasteiger partial charge in [0.2, 0.25) is 5.88 Å². The van der Waals surface area contributed by atoms with Gasteiger partial charge in [0.15, 0.2) is 5.82 Å². The van der Waals surface area contributed by atoms with Crippen LogP contribution in [0, 0.1) is 0 Å². The van der Waals surface area contributed by atoms with Crippen LogP contribution in [0.1, 0.15) is 25.3 Å². The molecule has 0 saturated carbocycles. The van der Waals surface area contributed by atoms with Gasteiger partial charge in [-0.2, -0.15) is 0 Å². The smallest absolute Gasteiger partial charge is 0.263 e. The third kappa shape index (κ3) is 5.16. The van der Waals surface area contributed by atoms with E-state index in [9.17, 15) is 8.42 Å². The van der Waals surface area contributed by atoms with E-state index in [0.717, 1.165) is 10.0 Å². The molecule has 1 aromatic heterocycles. The van der Waals surface area contributed by atoms with Gasteiger partial charge in [0.05, 0.1) is 17.1 Å². The Labute approximate surface area is 184 Å². The van der Waals surface area contributed by atoms with E-state index < -0.39 is 10.0 Å². The number of nitrogens with zero attached hydrogens (tertiary/aromatic N) is 2. The van der Waals surface area contributed by atoms with Gasteiger partial charge >= 0.3 is 0 Å². The van der Waals surface area contributed by atoms with Gasteiger partial charge in [-0.1, -0.05) is 54.0 Å². The highest BCUT2D eigenvalue weighted by Crippen LogP contribution is 2.35. The molecule has 0 aliphatic heterocycles. The summed E-state index contributed by atoms with van der Waals surface area (Å²) in [5, 5.41) is 9.11. The van der Waals surface area contributed by atoms with Gasteiger partial charge < -0.3 is 9.84 Å². The predicted molar refractivity (Wildman–Crippen MR) is 119 cm³/mol. The lowest BCUT2D eigenvalue weighted by Gasteiger charge is -2.15. The molecule has 1 heterocycles. The summed E-state index contributed by atoms with van der Waals surface area (Å²) in [6.07, 6.45) is 1.22. The third-order valence-corrected chi connectivity index (χ3v) is 6.25. The minimum Gasteiger partial charge on any atom is -0.475 e. The van der Waals surface area contributed by atoms with Gasteiger partial charge in [0.1, 0.15) is 12.9 Å². The molecule has 0 radical (unpaired) electrons. The van der Waals surface area contributed by atoms with Crippen LogP contribution in [0.15, 0.2) is 64.2 Å². The van der Waals surface area contributed by atoms with E-state index in [1.165, 1.54) is 6.33 Å². The topological polar surface area (TPSA) is 101 Å². The number of aliphatic hydroxyl groups excluding tert-OH is 1. The Hall–Kier alpha value is -2.49. The molecule has 0 saturated heterocycles. The summed E-state index contributed by atoms with van der Waals surface area (Å²) in [5.41, 5.74) is 2.10. The van der Waals surface area contributed by atoms with E-state index in [2.05, 4.69) is 30.6 Å². The zero-order valence-corrected chi connectivity index (χ0v) is 18.9. The van der Waals surface area contributed by atoms with Crippen LogP contribution in [0.25, 0.3) is 11.1 Å². The molecule has 0 aliphatic rings. The molecule has 0 spiro atoms. The maximum Gasteiger partial charge on any atom is 0.263 e. The van der Waals surface area contributed by atoms with Crippen molar-refractivity contribution in [2.45, 2.75) is 24.7 Å². The molecule has 0 bridgehead atoms. The Balaban J connectivity index is 2.03. The second-order valence-electron chi connectivity index (χ2n) is 6.81. The normalized spacial score (nSPS) is 11.5. The van der Waals surface area contributed by atoms with Gasteiger partial charge in [0.25, 0.3) is 10.0 Å². The lowest BCUT2D eigenvalue weighted by atomic mass is 10.0. The summed E-state index contributed by atoms with van der Waals surface area (Å²) in [7, 11) is -3.89. The summed E-state index contributed by atoms with van der Waals surface area (Å²) in [5.74, 6) is 0.564. The number of benzene rings is 2. The maximum atomic E-state index is 13.0. The van der Waals surface area contributed by atoms with E-state index in [1.807, 2.05) is 26.0 Å². The first kappa shape index (κ1) is 22.2. The fraction of sp³-hybridized carbons (Fsp3) is 0.238. The zero-order valence-electron chi connectivity index (χ0n) is 16.5. The summed E-state index contributed by atoms with van der Waals surface area (Å²) < 4.78 is 34.9. The molecule has 9 heteroatoms. The molecular weight excluding hydrogens is 470 g/mol. The van der Waals surface area contributed by atoms with Crippen molar-refractivity contribution in [2.75, 3.05) is 17.9 Å². The van der Waals surface area contributed by atoms with Crippen molar-refractivity contribution in [1.82, 2.24) is 9.97 Å². The Morgan fingerprint density at radius 1 is 1.07 bits per heavy atom. The Kier molecular flexibility index (Phi) is 7.06. The number of ether oxygens (including phenoxy) is 1. The quantitative estimate of drug-likeness (QED) is 0.489. The maximum absolute atomic E-state index is 13.0. The van der Waals surface area contributed by atoms with Crippen molar-refractivity contribution in [2.24, 2.45) is 0 Å². The van der Waals surface area contributed by atoms with Crippen LogP contribution in [-0.4, -0.2) is 36.7 Å². The molecule has 158 valence electrons. The molecule has 2 aromatic carbocycles. The fourth-order valence-electron chi connectivity index (χ4n) is 2.79. The largest absolute Gasteiger partial charge is 0.475 e. The average molecular weight is 492 g/mol. The highest BCUT2D eigenvalue weighted by molar-refractivity contribution is 9.10. The van der Waals surface area contributed by atoms with Crippen molar-refractivity contribution in [1.29, 1.82) is 0 Å². The molecule has 7 nitrogen and oxygen atoms in total. The first-order valence-electron chi connectivity index (χ1n) is 9.29. The number of hydrogen-bond acceptors (Lipinski definition) is 6. The van der Waals surface area contributed by atoms with Gasteiger partial charge in [-0.3, -0.25) is 4.72 Å². The molecule has 2 N–H and O–H groups in total. The number of hydrogen-bond donors (Lipinski definition) is 2. The summed E-state index contributed by atoms with van der Waals surface area (Å²) in [6.45, 7) is 3.90. The molecule has 0 amide bonds. The van der Waals surface area contributed by atoms with Crippen LogP contribution in [0.4, 0.5) is 5.82 Å². The van der Waals surface area contributed by atoms with Gasteiger partial charge in [-0.05, 0) is 41.3 Å². The van der Waals surface area contributed by atoms with Crippen molar-refractivity contribution in [3.8, 4) is 17.0 Å². The van der Waals surface area contributed by atoms with Crippen molar-refractivity contribution < 1.29 is 18.3 Å². The molecule has 30 heavy (non-hydrogen) atoms. The number of halogens is 1. The molecule has 0 fully saturated rings. The predicted octanol–water partition coefficient (Wildman–Crippen LogP) is 4.20. The van der Waals surface area contributed by atoms with E-state index in [-0.39, 0.29) is 29.8 Å². The monoisotopic (exact) mass is 491 g/mol. The molecule has 0 aliphatic carbocycles. The first-order chi connectivity index (χ1) is 14.3. The second kappa shape index (κ2) is 9.55. The molecule has 3 aromatic rings. The lowest BCUT2D eigenvalue weighted by molar-refractivity contribution is 0.197. The average Bonchev–Trinajstić information content (AvgIpc) is 2.73. The molecule has 0 unspecified atom stereocenters. The summed E-state index contributed by atoms with van der Waals surface area (Å²) in [6, 6.07) is 14.0. The number of anilines is 1. The van der Waals surface area contributed by atoms with Crippen LogP contribution < -0.4 is 9.46 Å². The van der Waals surface area contributed by atoms with E-state index in [1.54, 1.807) is 36.4 Å². The number of aromatic nitrogens is 2. The number of nitrogens with one attached hydrogen (secondary N) is 1. The number of sulfonamides is 1. The van der Waals surface area contributed by atoms with E-state index >= 15 is 0 Å². The fourth-order valence-corrected chi connectivity index (χ4v) is 4.08. The Morgan fingerprint density at radius 3 is 2.33 bits per heavy atom. The second-order valence-corrected chi connectivity index (χ2v) is 9.41. The SMILES string of the molecule is CC(C)c1ccc(S(=O)(=O)Nc2ncnc(OCCO)c2-c2ccc(Br)cc2)cc1. The van der Waals surface area contributed by atoms with Crippen molar-refractivity contribution in [3.63, 3.8) is 0 Å². The number of rotatable bonds is 8. The molecular formula is C21H22BrN3O4S. The highest BCUT2D eigenvalue weighted by Gasteiger charge is 2.21. The van der Waals surface area contributed by atoms with Crippen LogP contribution >= 0.6 is 15.9 Å². The van der Waals surface area contributed by atoms with Crippen LogP contribution in [0.5, 0.6) is 5.88 Å². The van der Waals surface area contributed by atoms with Crippen LogP contribution in [0.2, 0.25) is 0 Å². The van der Waals surface area contributed by atoms with Crippen molar-refractivity contribution >= 4 is 31.8 Å². The molecule has 0 atom stereocenters. The first-order valence-corrected chi connectivity index (χ1v) is 11.6.